The van der Waals surface area contributed by atoms with Crippen LogP contribution in [0.3, 0.4) is 0 Å². The zero-order chi connectivity index (χ0) is 14.6. The molecular weight excluding hydrogens is 254 g/mol. The molecule has 1 atom stereocenters. The fraction of sp³-hybridized carbons (Fsp3) is 0.455. The molecule has 1 aromatic heterocycles. The van der Waals surface area contributed by atoms with Crippen LogP contribution in [0.15, 0.2) is 15.7 Å². The highest BCUT2D eigenvalue weighted by Gasteiger charge is 2.23. The van der Waals surface area contributed by atoms with Crippen LogP contribution in [-0.2, 0) is 4.79 Å². The van der Waals surface area contributed by atoms with E-state index in [-0.39, 0.29) is 11.7 Å². The van der Waals surface area contributed by atoms with E-state index in [9.17, 15) is 19.2 Å². The number of carboxylic acids is 1. The predicted octanol–water partition coefficient (Wildman–Crippen LogP) is -0.611. The maximum absolute atomic E-state index is 12.1. The van der Waals surface area contributed by atoms with Crippen LogP contribution in [0.2, 0.25) is 0 Å². The highest BCUT2D eigenvalue weighted by molar-refractivity contribution is 5.94. The molecule has 0 aromatic carbocycles. The van der Waals surface area contributed by atoms with Crippen LogP contribution in [0.25, 0.3) is 0 Å². The minimum absolute atomic E-state index is 0.227. The number of aromatic nitrogens is 2. The minimum Gasteiger partial charge on any atom is -0.480 e. The van der Waals surface area contributed by atoms with Gasteiger partial charge < -0.3 is 15.0 Å². The quantitative estimate of drug-likeness (QED) is 0.657. The third-order valence-corrected chi connectivity index (χ3v) is 2.68. The van der Waals surface area contributed by atoms with Crippen LogP contribution in [-0.4, -0.2) is 44.4 Å². The molecule has 0 aliphatic rings. The number of nitrogens with zero attached hydrogens (tertiary/aromatic N) is 1. The highest BCUT2D eigenvalue weighted by Crippen LogP contribution is 2.07. The summed E-state index contributed by atoms with van der Waals surface area (Å²) in [6.07, 6.45) is 0.548. The second kappa shape index (κ2) is 5.98. The zero-order valence-corrected chi connectivity index (χ0v) is 10.6. The average molecular weight is 269 g/mol. The first-order valence-corrected chi connectivity index (χ1v) is 5.71. The Morgan fingerprint density at radius 3 is 2.47 bits per heavy atom. The van der Waals surface area contributed by atoms with E-state index in [0.29, 0.717) is 6.42 Å². The standard InChI is InChI=1S/C11H15N3O5/c1-3-6(2)14(5-9(16)17)10(18)7-4-8(15)13-11(19)12-7/h4,6H,3,5H2,1-2H3,(H,16,17)(H2,12,13,15,19). The number of rotatable bonds is 5. The van der Waals surface area contributed by atoms with Gasteiger partial charge in [0.05, 0.1) is 0 Å². The van der Waals surface area contributed by atoms with E-state index in [1.807, 2.05) is 4.98 Å². The van der Waals surface area contributed by atoms with Crippen LogP contribution >= 0.6 is 0 Å². The molecule has 1 heterocycles. The lowest BCUT2D eigenvalue weighted by molar-refractivity contribution is -0.138. The average Bonchev–Trinajstić information content (AvgIpc) is 2.32. The molecular formula is C11H15N3O5. The van der Waals surface area contributed by atoms with Crippen LogP contribution in [0.1, 0.15) is 30.8 Å². The predicted molar refractivity (Wildman–Crippen MR) is 66.1 cm³/mol. The van der Waals surface area contributed by atoms with E-state index in [1.165, 1.54) is 0 Å². The first-order chi connectivity index (χ1) is 8.85. The van der Waals surface area contributed by atoms with E-state index in [4.69, 9.17) is 5.11 Å². The number of aliphatic carboxylic acids is 1. The topological polar surface area (TPSA) is 123 Å². The van der Waals surface area contributed by atoms with Gasteiger partial charge in [0.15, 0.2) is 0 Å². The normalized spacial score (nSPS) is 11.9. The summed E-state index contributed by atoms with van der Waals surface area (Å²) in [4.78, 5) is 50.3. The number of aromatic amines is 2. The Bertz CT molecular complexity index is 560. The van der Waals surface area contributed by atoms with Crippen LogP contribution in [0.4, 0.5) is 0 Å². The maximum atomic E-state index is 12.1. The molecule has 8 heteroatoms. The Balaban J connectivity index is 3.14. The molecule has 0 fully saturated rings. The summed E-state index contributed by atoms with van der Waals surface area (Å²) in [5, 5.41) is 8.80. The van der Waals surface area contributed by atoms with Crippen LogP contribution in [0, 0.1) is 0 Å². The van der Waals surface area contributed by atoms with Gasteiger partial charge in [-0.25, -0.2) is 4.79 Å². The molecule has 0 bridgehead atoms. The molecule has 1 aromatic rings. The molecule has 0 aliphatic carbocycles. The first kappa shape index (κ1) is 14.7. The molecule has 0 saturated heterocycles. The molecule has 8 nitrogen and oxygen atoms in total. The Morgan fingerprint density at radius 1 is 1.37 bits per heavy atom. The lowest BCUT2D eigenvalue weighted by Gasteiger charge is -2.26. The first-order valence-electron chi connectivity index (χ1n) is 5.71. The van der Waals surface area contributed by atoms with Crippen molar-refractivity contribution in [1.29, 1.82) is 0 Å². The molecule has 0 radical (unpaired) electrons. The summed E-state index contributed by atoms with van der Waals surface area (Å²) in [5.41, 5.74) is -1.75. The Kier molecular flexibility index (Phi) is 4.62. The van der Waals surface area contributed by atoms with Crippen molar-refractivity contribution in [3.05, 3.63) is 32.6 Å². The van der Waals surface area contributed by atoms with Gasteiger partial charge in [0.1, 0.15) is 12.2 Å². The van der Waals surface area contributed by atoms with Gasteiger partial charge in [-0.3, -0.25) is 19.4 Å². The van der Waals surface area contributed by atoms with E-state index in [2.05, 4.69) is 4.98 Å². The molecule has 0 aliphatic heterocycles. The van der Waals surface area contributed by atoms with Gasteiger partial charge in [0.2, 0.25) is 0 Å². The third-order valence-electron chi connectivity index (χ3n) is 2.68. The van der Waals surface area contributed by atoms with Crippen LogP contribution < -0.4 is 11.2 Å². The second-order valence-electron chi connectivity index (χ2n) is 4.09. The molecule has 19 heavy (non-hydrogen) atoms. The largest absolute Gasteiger partial charge is 0.480 e. The third kappa shape index (κ3) is 3.80. The fourth-order valence-electron chi connectivity index (χ4n) is 1.53. The number of hydrogen-bond acceptors (Lipinski definition) is 4. The summed E-state index contributed by atoms with van der Waals surface area (Å²) in [6, 6.07) is 0.604. The summed E-state index contributed by atoms with van der Waals surface area (Å²) >= 11 is 0. The monoisotopic (exact) mass is 269 g/mol. The van der Waals surface area contributed by atoms with Gasteiger partial charge in [-0.1, -0.05) is 6.92 Å². The smallest absolute Gasteiger partial charge is 0.326 e. The van der Waals surface area contributed by atoms with Gasteiger partial charge in [-0.15, -0.1) is 0 Å². The molecule has 104 valence electrons. The molecule has 1 unspecified atom stereocenters. The Morgan fingerprint density at radius 2 is 2.00 bits per heavy atom. The van der Waals surface area contributed by atoms with E-state index < -0.39 is 29.7 Å². The lowest BCUT2D eigenvalue weighted by Crippen LogP contribution is -2.43. The van der Waals surface area contributed by atoms with Crippen LogP contribution in [0.5, 0.6) is 0 Å². The Hall–Kier alpha value is -2.38. The van der Waals surface area contributed by atoms with Crippen molar-refractivity contribution in [2.24, 2.45) is 0 Å². The Labute approximate surface area is 108 Å². The molecule has 0 saturated carbocycles. The van der Waals surface area contributed by atoms with Crippen molar-refractivity contribution < 1.29 is 14.7 Å². The molecule has 1 amide bonds. The SMILES string of the molecule is CCC(C)N(CC(=O)O)C(=O)c1cc(=O)[nH]c(=O)[nH]1. The number of carbonyl (C=O) groups excluding carboxylic acids is 1. The van der Waals surface area contributed by atoms with Crippen molar-refractivity contribution >= 4 is 11.9 Å². The van der Waals surface area contributed by atoms with Gasteiger partial charge in [-0.2, -0.15) is 0 Å². The fourth-order valence-corrected chi connectivity index (χ4v) is 1.53. The summed E-state index contributed by atoms with van der Waals surface area (Å²) in [5.74, 6) is -1.86. The summed E-state index contributed by atoms with van der Waals surface area (Å²) in [6.45, 7) is 2.99. The van der Waals surface area contributed by atoms with Gasteiger partial charge >= 0.3 is 11.7 Å². The van der Waals surface area contributed by atoms with Crippen molar-refractivity contribution in [3.8, 4) is 0 Å². The molecule has 0 spiro atoms. The number of amides is 1. The number of carboxylic acid groups (broad SMARTS) is 1. The summed E-state index contributed by atoms with van der Waals surface area (Å²) in [7, 11) is 0. The minimum atomic E-state index is -1.17. The number of carbonyl (C=O) groups is 2. The van der Waals surface area contributed by atoms with E-state index in [1.54, 1.807) is 13.8 Å². The van der Waals surface area contributed by atoms with Crippen molar-refractivity contribution in [2.45, 2.75) is 26.3 Å². The maximum Gasteiger partial charge on any atom is 0.326 e. The summed E-state index contributed by atoms with van der Waals surface area (Å²) < 4.78 is 0. The molecule has 3 N–H and O–H groups in total. The lowest BCUT2D eigenvalue weighted by atomic mass is 10.2. The van der Waals surface area contributed by atoms with Crippen molar-refractivity contribution in [3.63, 3.8) is 0 Å². The number of nitrogens with one attached hydrogen (secondary N) is 2. The van der Waals surface area contributed by atoms with Gasteiger partial charge in [-0.05, 0) is 13.3 Å². The zero-order valence-electron chi connectivity index (χ0n) is 10.6. The number of H-pyrrole nitrogens is 2. The van der Waals surface area contributed by atoms with Crippen molar-refractivity contribution in [2.75, 3.05) is 6.54 Å². The highest BCUT2D eigenvalue weighted by atomic mass is 16.4. The molecule has 1 rings (SSSR count). The second-order valence-corrected chi connectivity index (χ2v) is 4.09. The van der Waals surface area contributed by atoms with E-state index >= 15 is 0 Å². The van der Waals surface area contributed by atoms with Gasteiger partial charge in [0, 0.05) is 12.1 Å². The number of hydrogen-bond donors (Lipinski definition) is 3. The van der Waals surface area contributed by atoms with Gasteiger partial charge in [0.25, 0.3) is 11.5 Å². The van der Waals surface area contributed by atoms with Crippen molar-refractivity contribution in [1.82, 2.24) is 14.9 Å². The van der Waals surface area contributed by atoms with E-state index in [0.717, 1.165) is 11.0 Å².